The number of rotatable bonds is 15. The number of benzene rings is 10. The molecule has 0 atom stereocenters. The second kappa shape index (κ2) is 31.8. The average molecular weight is 1410 g/mol. The molecule has 0 aliphatic heterocycles. The van der Waals surface area contributed by atoms with Gasteiger partial charge in [0.2, 0.25) is 0 Å². The smallest absolute Gasteiger partial charge is 0.537 e. The van der Waals surface area contributed by atoms with Crippen LogP contribution in [0.15, 0.2) is 340 Å². The van der Waals surface area contributed by atoms with Crippen molar-refractivity contribution in [3.8, 4) is 130 Å². The van der Waals surface area contributed by atoms with Gasteiger partial charge in [0.1, 0.15) is 10.9 Å². The van der Waals surface area contributed by atoms with E-state index in [1.54, 1.807) is 24.5 Å². The highest BCUT2D eigenvalue weighted by Gasteiger charge is 2.18. The lowest BCUT2D eigenvalue weighted by Gasteiger charge is -2.12. The molecule has 515 valence electrons. The maximum absolute atomic E-state index is 8.81. The summed E-state index contributed by atoms with van der Waals surface area (Å²) in [6, 6.07) is 110. The number of aromatic nitrogens is 10. The summed E-state index contributed by atoms with van der Waals surface area (Å²) in [6.45, 7) is 4.36. The van der Waals surface area contributed by atoms with Crippen LogP contribution in [0, 0.1) is 0 Å². The predicted octanol–water partition coefficient (Wildman–Crippen LogP) is 22.6. The maximum atomic E-state index is 8.81. The van der Waals surface area contributed by atoms with Crippen molar-refractivity contribution >= 4 is 62.9 Å². The first-order valence-electron chi connectivity index (χ1n) is 35.8. The molecule has 1 N–H and O–H groups in total. The van der Waals surface area contributed by atoms with Crippen molar-refractivity contribution in [1.82, 2.24) is 49.8 Å². The minimum absolute atomic E-state index is 0.495. The number of hydrogen-bond acceptors (Lipinski definition) is 12. The first-order chi connectivity index (χ1) is 53.3. The Morgan fingerprint density at radius 1 is 0.278 bits per heavy atom. The van der Waals surface area contributed by atoms with Crippen LogP contribution in [-0.2, 0) is 12.8 Å². The van der Waals surface area contributed by atoms with Gasteiger partial charge in [0.15, 0.2) is 11.6 Å². The fourth-order valence-electron chi connectivity index (χ4n) is 13.4. The summed E-state index contributed by atoms with van der Waals surface area (Å²) >= 11 is 6.11. The molecule has 10 aromatic carbocycles. The highest BCUT2D eigenvalue weighted by atomic mass is 35.5. The average Bonchev–Trinajstić information content (AvgIpc) is 0.989. The lowest BCUT2D eigenvalue weighted by Crippen LogP contribution is -1.99. The van der Waals surface area contributed by atoms with Crippen LogP contribution in [0.3, 0.4) is 0 Å². The Morgan fingerprint density at radius 2 is 0.639 bits per heavy atom. The fraction of sp³-hybridized carbons (Fsp3) is 0.0426. The Kier molecular flexibility index (Phi) is 20.3. The molecule has 108 heavy (non-hydrogen) atoms. The van der Waals surface area contributed by atoms with Gasteiger partial charge in [-0.05, 0) is 137 Å². The van der Waals surface area contributed by atoms with Crippen molar-refractivity contribution in [3.05, 3.63) is 356 Å². The van der Waals surface area contributed by atoms with Gasteiger partial charge in [-0.1, -0.05) is 262 Å². The third-order valence-electron chi connectivity index (χ3n) is 18.9. The van der Waals surface area contributed by atoms with Gasteiger partial charge in [-0.15, -0.1) is 0 Å². The molecular formula is C94H67BClN10O2. The summed E-state index contributed by atoms with van der Waals surface area (Å²) in [5, 5.41) is 13.7. The molecular weight excluding hydrogens is 1350 g/mol. The van der Waals surface area contributed by atoms with Crippen LogP contribution >= 0.6 is 11.6 Å². The zero-order valence-corrected chi connectivity index (χ0v) is 59.8. The van der Waals surface area contributed by atoms with E-state index in [0.29, 0.717) is 30.2 Å². The van der Waals surface area contributed by atoms with Crippen molar-refractivity contribution in [2.75, 3.05) is 0 Å². The van der Waals surface area contributed by atoms with Crippen LogP contribution in [0.2, 0.25) is 5.15 Å². The van der Waals surface area contributed by atoms with Crippen LogP contribution in [-0.4, -0.2) is 62.5 Å². The molecule has 0 saturated carbocycles. The van der Waals surface area contributed by atoms with Gasteiger partial charge in [-0.25, -0.2) is 39.9 Å². The molecule has 0 aliphatic rings. The van der Waals surface area contributed by atoms with Crippen molar-refractivity contribution in [2.24, 2.45) is 0 Å². The molecule has 0 spiro atoms. The van der Waals surface area contributed by atoms with E-state index in [1.165, 1.54) is 11.1 Å². The highest BCUT2D eigenvalue weighted by molar-refractivity contribution is 6.30. The Bertz CT molecular complexity index is 6100. The summed E-state index contributed by atoms with van der Waals surface area (Å²) < 4.78 is 5.00. The van der Waals surface area contributed by atoms with Gasteiger partial charge in [0.25, 0.3) is 0 Å². The molecule has 1 radical (unpaired) electrons. The summed E-state index contributed by atoms with van der Waals surface area (Å²) in [5.41, 5.74) is 25.3. The van der Waals surface area contributed by atoms with E-state index < -0.39 is 0 Å². The molecule has 18 aromatic rings. The van der Waals surface area contributed by atoms with Crippen LogP contribution in [0.1, 0.15) is 25.0 Å². The van der Waals surface area contributed by atoms with Gasteiger partial charge < -0.3 is 9.68 Å². The fourth-order valence-corrected chi connectivity index (χ4v) is 13.5. The van der Waals surface area contributed by atoms with Gasteiger partial charge in [-0.3, -0.25) is 9.97 Å². The van der Waals surface area contributed by atoms with Gasteiger partial charge in [0, 0.05) is 72.9 Å². The minimum atomic E-state index is 0.495. The van der Waals surface area contributed by atoms with Gasteiger partial charge in [0.05, 0.1) is 73.3 Å². The summed E-state index contributed by atoms with van der Waals surface area (Å²) in [5.74, 6) is 1.85. The predicted molar refractivity (Wildman–Crippen MR) is 439 cm³/mol. The Balaban J connectivity index is 0.000000135. The first-order valence-corrected chi connectivity index (χ1v) is 36.1. The Morgan fingerprint density at radius 3 is 1.07 bits per heavy atom. The van der Waals surface area contributed by atoms with Crippen molar-refractivity contribution in [1.29, 1.82) is 0 Å². The Labute approximate surface area is 631 Å². The Hall–Kier alpha value is -13.6. The third kappa shape index (κ3) is 15.2. The molecule has 0 aliphatic carbocycles. The standard InChI is InChI=1S/C47H33N5.C27H19BN3O2.C20H15ClN2/c1-2-31-29-42(33-12-5-3-6-13-33)50-46-39(31)25-23-36-24-26-40(49-45(36)46)35-21-19-32(20-22-35)37-16-11-17-38(28-37)47-51-43(34-14-7-4-8-15-34)30-44(52-47)41-18-9-10-27-48-41;32-28-33-23-14-12-19(13-15-23)21-9-6-10-22(17-21)27-30-25(20-7-2-1-3-8-20)18-26(31-27)24-11-4-5-16-29-24;1-2-13-12-17(14-6-4-3-5-7-14)22-20-16(13)10-8-15-9-11-18(21)23-19(15)20/h3-30H,2H2,1H3;1-18,32H;3-12H,2H2,1H3. The van der Waals surface area contributed by atoms with E-state index in [9.17, 15) is 0 Å². The molecule has 12 nitrogen and oxygen atoms in total. The number of fused-ring (bicyclic) bond motifs is 6. The molecule has 0 fully saturated rings. The second-order valence-corrected chi connectivity index (χ2v) is 26.1. The largest absolute Gasteiger partial charge is 0.569 e. The molecule has 0 bridgehead atoms. The van der Waals surface area contributed by atoms with Crippen molar-refractivity contribution in [3.63, 3.8) is 0 Å². The normalized spacial score (nSPS) is 11.0. The van der Waals surface area contributed by atoms with Crippen LogP contribution < -0.4 is 4.65 Å². The summed E-state index contributed by atoms with van der Waals surface area (Å²) in [4.78, 5) is 48.6. The molecule has 8 aromatic heterocycles. The van der Waals surface area contributed by atoms with Crippen molar-refractivity contribution < 1.29 is 9.68 Å². The quantitative estimate of drug-likeness (QED) is 0.0589. The molecule has 0 amide bonds. The van der Waals surface area contributed by atoms with E-state index in [-0.39, 0.29) is 0 Å². The lowest BCUT2D eigenvalue weighted by molar-refractivity contribution is 0.454. The molecule has 0 unspecified atom stereocenters. The summed E-state index contributed by atoms with van der Waals surface area (Å²) in [6.07, 6.45) is 5.43. The SMILES string of the molecule is CCc1cc(-c2ccccc2)nc2c1ccc1ccc(-c3ccc(-c4cccc(-c5nc(-c6ccccc6)cc(-c6ccccn6)n5)c4)cc3)nc12.CCc1cc(-c2ccccc2)nc2c1ccc1ccc(Cl)nc12.O[B]Oc1ccc(-c2cccc(-c3nc(-c4ccccc4)cc(-c4ccccn4)n3)c2)cc1. The van der Waals surface area contributed by atoms with Crippen LogP contribution in [0.4, 0.5) is 0 Å². The van der Waals surface area contributed by atoms with E-state index in [0.717, 1.165) is 169 Å². The molecule has 14 heteroatoms. The van der Waals surface area contributed by atoms with Crippen LogP contribution in [0.25, 0.3) is 168 Å². The van der Waals surface area contributed by atoms with E-state index >= 15 is 0 Å². The lowest BCUT2D eigenvalue weighted by atomic mass is 9.99. The van der Waals surface area contributed by atoms with Gasteiger partial charge in [-0.2, -0.15) is 0 Å². The molecule has 8 heterocycles. The first kappa shape index (κ1) is 68.8. The minimum Gasteiger partial charge on any atom is -0.537 e. The topological polar surface area (TPSA) is 158 Å². The van der Waals surface area contributed by atoms with Gasteiger partial charge >= 0.3 is 7.69 Å². The number of aryl methyl sites for hydroxylation is 2. The van der Waals surface area contributed by atoms with Crippen molar-refractivity contribution in [2.45, 2.75) is 26.7 Å². The van der Waals surface area contributed by atoms with E-state index in [2.05, 4.69) is 180 Å². The zero-order chi connectivity index (χ0) is 73.1. The number of halogens is 1. The number of nitrogens with zero attached hydrogens (tertiary/aromatic N) is 10. The van der Waals surface area contributed by atoms with E-state index in [4.69, 9.17) is 56.2 Å². The second-order valence-electron chi connectivity index (χ2n) is 25.7. The third-order valence-corrected chi connectivity index (χ3v) is 19.1. The molecule has 18 rings (SSSR count). The summed E-state index contributed by atoms with van der Waals surface area (Å²) in [7, 11) is 0.672. The van der Waals surface area contributed by atoms with E-state index in [1.807, 2.05) is 164 Å². The maximum Gasteiger partial charge on any atom is 0.569 e. The number of hydrogen-bond donors (Lipinski definition) is 1. The molecule has 0 saturated heterocycles. The van der Waals surface area contributed by atoms with Crippen LogP contribution in [0.5, 0.6) is 5.75 Å². The monoisotopic (exact) mass is 1410 g/mol. The zero-order valence-electron chi connectivity index (χ0n) is 59.0. The highest BCUT2D eigenvalue weighted by Crippen LogP contribution is 2.37. The number of pyridine rings is 6.